The Morgan fingerprint density at radius 2 is 1.96 bits per heavy atom. The van der Waals surface area contributed by atoms with Crippen LogP contribution in [0.2, 0.25) is 0 Å². The summed E-state index contributed by atoms with van der Waals surface area (Å²) in [5, 5.41) is 2.89. The molecule has 1 amide bonds. The van der Waals surface area contributed by atoms with Crippen molar-refractivity contribution in [3.8, 4) is 0 Å². The molecule has 28 heavy (non-hydrogen) atoms. The van der Waals surface area contributed by atoms with Gasteiger partial charge >= 0.3 is 0 Å². The van der Waals surface area contributed by atoms with E-state index in [0.717, 1.165) is 34.0 Å². The molecule has 6 heteroatoms. The lowest BCUT2D eigenvalue weighted by molar-refractivity contribution is -0.117. The van der Waals surface area contributed by atoms with Crippen molar-refractivity contribution in [1.29, 1.82) is 0 Å². The van der Waals surface area contributed by atoms with Gasteiger partial charge in [-0.1, -0.05) is 6.07 Å². The Bertz CT molecular complexity index is 953. The third-order valence-electron chi connectivity index (χ3n) is 5.78. The molecule has 1 N–H and O–H groups in total. The van der Waals surface area contributed by atoms with E-state index in [1.54, 1.807) is 0 Å². The lowest BCUT2D eigenvalue weighted by atomic mass is 9.91. The molecule has 1 aliphatic heterocycles. The highest BCUT2D eigenvalue weighted by Gasteiger charge is 2.45. The molecule has 0 bridgehead atoms. The lowest BCUT2D eigenvalue weighted by Gasteiger charge is -2.33. The second-order valence-corrected chi connectivity index (χ2v) is 7.97. The van der Waals surface area contributed by atoms with Crippen LogP contribution in [0, 0.1) is 25.5 Å². The number of amides is 1. The Hall–Kier alpha value is -2.50. The van der Waals surface area contributed by atoms with Crippen LogP contribution in [0.5, 0.6) is 0 Å². The predicted octanol–water partition coefficient (Wildman–Crippen LogP) is 4.98. The Morgan fingerprint density at radius 3 is 2.64 bits per heavy atom. The van der Waals surface area contributed by atoms with E-state index in [1.807, 2.05) is 24.8 Å². The highest BCUT2D eigenvalue weighted by Crippen LogP contribution is 2.43. The fraction of sp³-hybridized carbons (Fsp3) is 0.409. The van der Waals surface area contributed by atoms with Gasteiger partial charge in [0.1, 0.15) is 17.3 Å². The van der Waals surface area contributed by atoms with E-state index in [-0.39, 0.29) is 12.3 Å². The van der Waals surface area contributed by atoms with Crippen LogP contribution in [0.3, 0.4) is 0 Å². The molecule has 0 atom stereocenters. The number of hydrogen-bond acceptors (Lipinski definition) is 2. The number of nitrogens with zero attached hydrogens (tertiary/aromatic N) is 1. The molecule has 2 aromatic rings. The molecule has 3 nitrogen and oxygen atoms in total. The first-order chi connectivity index (χ1) is 13.3. The van der Waals surface area contributed by atoms with Crippen molar-refractivity contribution in [3.05, 3.63) is 58.2 Å². The summed E-state index contributed by atoms with van der Waals surface area (Å²) in [5.74, 6) is -1.45. The van der Waals surface area contributed by atoms with Crippen molar-refractivity contribution in [1.82, 2.24) is 0 Å². The monoisotopic (exact) mass is 388 g/mol. The molecular weight excluding hydrogens is 365 g/mol. The summed E-state index contributed by atoms with van der Waals surface area (Å²) in [6.45, 7) is 4.97. The van der Waals surface area contributed by atoms with Crippen molar-refractivity contribution in [3.63, 3.8) is 0 Å². The van der Waals surface area contributed by atoms with E-state index < -0.39 is 17.3 Å². The maximum absolute atomic E-state index is 14.2. The highest BCUT2D eigenvalue weighted by molar-refractivity contribution is 5.93. The van der Waals surface area contributed by atoms with Crippen molar-refractivity contribution in [2.24, 2.45) is 0 Å². The number of anilines is 2. The number of fused-ring (bicyclic) bond motifs is 1. The van der Waals surface area contributed by atoms with Crippen molar-refractivity contribution >= 4 is 17.3 Å². The van der Waals surface area contributed by atoms with Gasteiger partial charge in [0.2, 0.25) is 5.91 Å². The summed E-state index contributed by atoms with van der Waals surface area (Å²) >= 11 is 0. The van der Waals surface area contributed by atoms with E-state index in [2.05, 4.69) is 5.32 Å². The molecule has 1 heterocycles. The van der Waals surface area contributed by atoms with Gasteiger partial charge in [-0.05, 0) is 67.5 Å². The summed E-state index contributed by atoms with van der Waals surface area (Å²) < 4.78 is 41.2. The second-order valence-electron chi connectivity index (χ2n) is 7.97. The Kier molecular flexibility index (Phi) is 4.60. The molecular formula is C22H23F3N2O. The Morgan fingerprint density at radius 1 is 1.21 bits per heavy atom. The van der Waals surface area contributed by atoms with Gasteiger partial charge in [-0.3, -0.25) is 4.79 Å². The first-order valence-electron chi connectivity index (χ1n) is 9.56. The first-order valence-corrected chi connectivity index (χ1v) is 9.56. The van der Waals surface area contributed by atoms with Crippen LogP contribution in [0.1, 0.15) is 41.5 Å². The molecule has 0 aromatic heterocycles. The minimum absolute atomic E-state index is 0.0966. The van der Waals surface area contributed by atoms with Gasteiger partial charge in [-0.15, -0.1) is 0 Å². The average molecular weight is 388 g/mol. The zero-order valence-corrected chi connectivity index (χ0v) is 16.0. The third-order valence-corrected chi connectivity index (χ3v) is 5.78. The largest absolute Gasteiger partial charge is 0.364 e. The lowest BCUT2D eigenvalue weighted by Crippen LogP contribution is -2.32. The van der Waals surface area contributed by atoms with Crippen LogP contribution in [0.25, 0.3) is 0 Å². The van der Waals surface area contributed by atoms with E-state index in [1.165, 1.54) is 12.1 Å². The number of hydrogen-bond donors (Lipinski definition) is 1. The zero-order chi connectivity index (χ0) is 20.1. The van der Waals surface area contributed by atoms with E-state index >= 15 is 0 Å². The summed E-state index contributed by atoms with van der Waals surface area (Å²) in [6, 6.07) is 5.63. The fourth-order valence-corrected chi connectivity index (χ4v) is 4.05. The average Bonchev–Trinajstić information content (AvgIpc) is 3.34. The zero-order valence-electron chi connectivity index (χ0n) is 16.0. The van der Waals surface area contributed by atoms with E-state index in [0.29, 0.717) is 38.0 Å². The van der Waals surface area contributed by atoms with Gasteiger partial charge in [0.15, 0.2) is 0 Å². The molecule has 1 aliphatic carbocycles. The van der Waals surface area contributed by atoms with Crippen molar-refractivity contribution < 1.29 is 18.0 Å². The van der Waals surface area contributed by atoms with Gasteiger partial charge in [-0.25, -0.2) is 13.2 Å². The molecule has 0 saturated heterocycles. The molecule has 2 aromatic carbocycles. The number of carbonyl (C=O) groups is 1. The second kappa shape index (κ2) is 6.83. The third kappa shape index (κ3) is 3.60. The molecule has 1 saturated carbocycles. The number of benzene rings is 2. The normalized spacial score (nSPS) is 17.2. The summed E-state index contributed by atoms with van der Waals surface area (Å²) in [7, 11) is 0. The summed E-state index contributed by atoms with van der Waals surface area (Å²) in [5.41, 5.74) is 3.88. The first kappa shape index (κ1) is 18.8. The van der Waals surface area contributed by atoms with Gasteiger partial charge in [-0.2, -0.15) is 0 Å². The molecule has 2 aliphatic rings. The van der Waals surface area contributed by atoms with Crippen molar-refractivity contribution in [2.45, 2.75) is 51.7 Å². The number of halogens is 3. The van der Waals surface area contributed by atoms with Crippen LogP contribution < -0.4 is 10.2 Å². The van der Waals surface area contributed by atoms with Gasteiger partial charge in [0.05, 0.1) is 12.1 Å². The van der Waals surface area contributed by atoms with E-state index in [9.17, 15) is 18.0 Å². The quantitative estimate of drug-likeness (QED) is 0.802. The van der Waals surface area contributed by atoms with Gasteiger partial charge in [0, 0.05) is 24.8 Å². The molecule has 1 fully saturated rings. The maximum Gasteiger partial charge on any atom is 0.227 e. The molecule has 4 rings (SSSR count). The number of carbonyl (C=O) groups excluding carboxylic acids is 1. The summed E-state index contributed by atoms with van der Waals surface area (Å²) in [4.78, 5) is 14.1. The van der Waals surface area contributed by atoms with Crippen LogP contribution in [0.15, 0.2) is 24.3 Å². The predicted molar refractivity (Wildman–Crippen MR) is 103 cm³/mol. The number of alkyl halides is 1. The van der Waals surface area contributed by atoms with Crippen LogP contribution in [0.4, 0.5) is 24.5 Å². The number of nitrogens with one attached hydrogen (secondary N) is 1. The molecule has 148 valence electrons. The van der Waals surface area contributed by atoms with Gasteiger partial charge in [0.25, 0.3) is 0 Å². The molecule has 0 radical (unpaired) electrons. The smallest absolute Gasteiger partial charge is 0.227 e. The summed E-state index contributed by atoms with van der Waals surface area (Å²) in [6.07, 6.45) is 1.51. The fourth-order valence-electron chi connectivity index (χ4n) is 4.05. The van der Waals surface area contributed by atoms with Crippen molar-refractivity contribution in [2.75, 3.05) is 16.8 Å². The molecule has 0 spiro atoms. The van der Waals surface area contributed by atoms with Crippen LogP contribution >= 0.6 is 0 Å². The topological polar surface area (TPSA) is 32.3 Å². The Balaban J connectivity index is 1.57. The maximum atomic E-state index is 14.2. The standard InChI is InChI=1S/C22H23F3N2O/c1-13-9-15-12-27(19-4-3-16(23)10-18(19)24)8-5-17(15)14(2)21(13)26-20(28)11-22(25)6-7-22/h3-4,9-10H,5-8,11-12H2,1-2H3,(H,26,28). The highest BCUT2D eigenvalue weighted by atomic mass is 19.1. The van der Waals surface area contributed by atoms with E-state index in [4.69, 9.17) is 0 Å². The minimum Gasteiger partial charge on any atom is -0.364 e. The number of rotatable bonds is 4. The van der Waals surface area contributed by atoms with Crippen LogP contribution in [-0.4, -0.2) is 18.1 Å². The number of aryl methyl sites for hydroxylation is 1. The van der Waals surface area contributed by atoms with Crippen LogP contribution in [-0.2, 0) is 17.8 Å². The minimum atomic E-state index is -1.32. The Labute approximate surface area is 162 Å². The van der Waals surface area contributed by atoms with Gasteiger partial charge < -0.3 is 10.2 Å². The SMILES string of the molecule is Cc1cc2c(c(C)c1NC(=O)CC1(F)CC1)CCN(c1ccc(F)cc1F)C2. The molecule has 0 unspecified atom stereocenters.